The third kappa shape index (κ3) is 4.30. The molecule has 0 heterocycles. The molecule has 142 valence electrons. The number of carbonyl (C=O) groups is 2. The van der Waals surface area contributed by atoms with Crippen molar-refractivity contribution in [1.29, 1.82) is 0 Å². The van der Waals surface area contributed by atoms with E-state index in [0.29, 0.717) is 25.8 Å². The van der Waals surface area contributed by atoms with Crippen LogP contribution in [0.1, 0.15) is 36.9 Å². The Labute approximate surface area is 160 Å². The van der Waals surface area contributed by atoms with Gasteiger partial charge in [0.2, 0.25) is 11.8 Å². The van der Waals surface area contributed by atoms with Crippen LogP contribution in [0.4, 0.5) is 0 Å². The van der Waals surface area contributed by atoms with Crippen molar-refractivity contribution in [2.75, 3.05) is 13.7 Å². The Morgan fingerprint density at radius 3 is 2.37 bits per heavy atom. The molecule has 0 spiro atoms. The minimum Gasteiger partial charge on any atom is -0.496 e. The van der Waals surface area contributed by atoms with Gasteiger partial charge in [-0.3, -0.25) is 9.59 Å². The Morgan fingerprint density at radius 1 is 1.04 bits per heavy atom. The highest BCUT2D eigenvalue weighted by Gasteiger charge is 2.56. The summed E-state index contributed by atoms with van der Waals surface area (Å²) in [5, 5.41) is 5.91. The molecule has 27 heavy (non-hydrogen) atoms. The number of hydrogen-bond donors (Lipinski definition) is 2. The van der Waals surface area contributed by atoms with E-state index in [-0.39, 0.29) is 17.9 Å². The van der Waals surface area contributed by atoms with Gasteiger partial charge in [0.25, 0.3) is 0 Å². The molecular weight excluding hydrogens is 340 g/mol. The molecule has 2 N–H and O–H groups in total. The summed E-state index contributed by atoms with van der Waals surface area (Å²) < 4.78 is 5.33. The molecule has 2 aromatic rings. The van der Waals surface area contributed by atoms with Crippen LogP contribution in [0.15, 0.2) is 54.6 Å². The van der Waals surface area contributed by atoms with E-state index in [1.165, 1.54) is 0 Å². The Balaban J connectivity index is 1.54. The molecule has 2 amide bonds. The first-order chi connectivity index (χ1) is 13.1. The minimum atomic E-state index is -0.913. The number of hydrogen-bond acceptors (Lipinski definition) is 3. The van der Waals surface area contributed by atoms with Crippen molar-refractivity contribution in [3.8, 4) is 5.75 Å². The van der Waals surface area contributed by atoms with Crippen LogP contribution in [0, 0.1) is 5.41 Å². The topological polar surface area (TPSA) is 67.4 Å². The monoisotopic (exact) mass is 366 g/mol. The molecule has 1 fully saturated rings. The lowest BCUT2D eigenvalue weighted by Gasteiger charge is -2.20. The van der Waals surface area contributed by atoms with Gasteiger partial charge in [-0.1, -0.05) is 48.5 Å². The van der Waals surface area contributed by atoms with E-state index in [1.54, 1.807) is 7.11 Å². The van der Waals surface area contributed by atoms with Gasteiger partial charge in [0.15, 0.2) is 0 Å². The maximum atomic E-state index is 12.7. The summed E-state index contributed by atoms with van der Waals surface area (Å²) in [5.41, 5.74) is 1.15. The van der Waals surface area contributed by atoms with Crippen LogP contribution >= 0.6 is 0 Å². The summed E-state index contributed by atoms with van der Waals surface area (Å²) >= 11 is 0. The number of rotatable bonds is 8. The van der Waals surface area contributed by atoms with Gasteiger partial charge in [-0.05, 0) is 43.4 Å². The van der Waals surface area contributed by atoms with E-state index in [1.807, 2.05) is 61.5 Å². The Kier molecular flexibility index (Phi) is 5.79. The molecule has 5 nitrogen and oxygen atoms in total. The zero-order valence-corrected chi connectivity index (χ0v) is 15.8. The smallest absolute Gasteiger partial charge is 0.236 e. The van der Waals surface area contributed by atoms with Crippen molar-refractivity contribution in [3.63, 3.8) is 0 Å². The van der Waals surface area contributed by atoms with Gasteiger partial charge in [0.1, 0.15) is 11.2 Å². The number of benzene rings is 2. The van der Waals surface area contributed by atoms with Crippen LogP contribution in [0.3, 0.4) is 0 Å². The van der Waals surface area contributed by atoms with Crippen molar-refractivity contribution in [2.24, 2.45) is 5.41 Å². The van der Waals surface area contributed by atoms with Crippen molar-refractivity contribution < 1.29 is 14.3 Å². The fourth-order valence-electron chi connectivity index (χ4n) is 3.23. The van der Waals surface area contributed by atoms with Gasteiger partial charge in [0.05, 0.1) is 13.2 Å². The van der Waals surface area contributed by atoms with Crippen molar-refractivity contribution in [3.05, 3.63) is 65.7 Å². The van der Waals surface area contributed by atoms with Crippen LogP contribution in [0.2, 0.25) is 0 Å². The lowest BCUT2D eigenvalue weighted by Crippen LogP contribution is -2.44. The predicted molar refractivity (Wildman–Crippen MR) is 104 cm³/mol. The number of methoxy groups -OCH3 is 1. The van der Waals surface area contributed by atoms with E-state index < -0.39 is 5.41 Å². The number of carbonyl (C=O) groups excluding carboxylic acids is 2. The molecule has 0 bridgehead atoms. The lowest BCUT2D eigenvalue weighted by molar-refractivity contribution is -0.137. The number of nitrogens with one attached hydrogen (secondary N) is 2. The molecule has 0 saturated heterocycles. The van der Waals surface area contributed by atoms with Gasteiger partial charge in [0, 0.05) is 6.54 Å². The summed E-state index contributed by atoms with van der Waals surface area (Å²) in [6.45, 7) is 2.41. The Hall–Kier alpha value is -2.82. The summed E-state index contributed by atoms with van der Waals surface area (Å²) in [5.74, 6) is 0.436. The van der Waals surface area contributed by atoms with Crippen LogP contribution in [0.5, 0.6) is 5.75 Å². The molecule has 3 rings (SSSR count). The normalized spacial score (nSPS) is 15.5. The summed E-state index contributed by atoms with van der Waals surface area (Å²) in [4.78, 5) is 25.3. The Bertz CT molecular complexity index is 800. The molecule has 1 unspecified atom stereocenters. The van der Waals surface area contributed by atoms with E-state index in [0.717, 1.165) is 16.9 Å². The first-order valence-electron chi connectivity index (χ1n) is 9.33. The number of ether oxygens (including phenoxy) is 1. The van der Waals surface area contributed by atoms with Crippen molar-refractivity contribution >= 4 is 11.8 Å². The maximum Gasteiger partial charge on any atom is 0.236 e. The lowest BCUT2D eigenvalue weighted by atomic mass is 10.0. The van der Waals surface area contributed by atoms with Gasteiger partial charge in [-0.15, -0.1) is 0 Å². The third-order valence-corrected chi connectivity index (χ3v) is 5.14. The molecule has 5 heteroatoms. The van der Waals surface area contributed by atoms with Gasteiger partial charge in [-0.25, -0.2) is 0 Å². The van der Waals surface area contributed by atoms with Crippen LogP contribution in [-0.2, 0) is 16.0 Å². The largest absolute Gasteiger partial charge is 0.496 e. The summed E-state index contributed by atoms with van der Waals surface area (Å²) in [6.07, 6.45) is 1.86. The third-order valence-electron chi connectivity index (χ3n) is 5.14. The zero-order chi connectivity index (χ0) is 19.3. The molecule has 2 aromatic carbocycles. The summed E-state index contributed by atoms with van der Waals surface area (Å²) in [7, 11) is 1.63. The van der Waals surface area contributed by atoms with E-state index >= 15 is 0 Å². The number of para-hydroxylation sites is 1. The molecule has 0 aliphatic heterocycles. The molecule has 1 aliphatic rings. The second-order valence-electron chi connectivity index (χ2n) is 7.01. The molecule has 0 radical (unpaired) electrons. The van der Waals surface area contributed by atoms with Gasteiger partial charge < -0.3 is 15.4 Å². The highest BCUT2D eigenvalue weighted by molar-refractivity contribution is 6.08. The highest BCUT2D eigenvalue weighted by atomic mass is 16.5. The second kappa shape index (κ2) is 8.25. The van der Waals surface area contributed by atoms with E-state index in [4.69, 9.17) is 4.74 Å². The molecule has 1 atom stereocenters. The molecule has 1 saturated carbocycles. The first kappa shape index (κ1) is 19.0. The summed E-state index contributed by atoms with van der Waals surface area (Å²) in [6, 6.07) is 17.4. The number of amides is 2. The Morgan fingerprint density at radius 2 is 1.70 bits per heavy atom. The highest BCUT2D eigenvalue weighted by Crippen LogP contribution is 2.46. The van der Waals surface area contributed by atoms with E-state index in [2.05, 4.69) is 10.6 Å². The molecule has 1 aliphatic carbocycles. The quantitative estimate of drug-likeness (QED) is 0.706. The van der Waals surface area contributed by atoms with Crippen LogP contribution in [-0.4, -0.2) is 25.5 Å². The average Bonchev–Trinajstić information content (AvgIpc) is 3.51. The fraction of sp³-hybridized carbons (Fsp3) is 0.364. The van der Waals surface area contributed by atoms with Crippen LogP contribution in [0.25, 0.3) is 0 Å². The fourth-order valence-corrected chi connectivity index (χ4v) is 3.23. The van der Waals surface area contributed by atoms with Crippen molar-refractivity contribution in [2.45, 2.75) is 32.2 Å². The second-order valence-corrected chi connectivity index (χ2v) is 7.01. The van der Waals surface area contributed by atoms with Gasteiger partial charge >= 0.3 is 0 Å². The van der Waals surface area contributed by atoms with E-state index in [9.17, 15) is 9.59 Å². The molecule has 0 aromatic heterocycles. The minimum absolute atomic E-state index is 0.127. The van der Waals surface area contributed by atoms with Crippen LogP contribution < -0.4 is 15.4 Å². The molecular formula is C22H26N2O3. The predicted octanol–water partition coefficient (Wildman–Crippen LogP) is 3.01. The maximum absolute atomic E-state index is 12.7. The SMILES string of the molecule is COc1ccccc1CCNC(=O)C1(C(=O)NC(C)c2ccccc2)CC1. The first-order valence-corrected chi connectivity index (χ1v) is 9.33. The average molecular weight is 366 g/mol. The van der Waals surface area contributed by atoms with Crippen molar-refractivity contribution in [1.82, 2.24) is 10.6 Å². The van der Waals surface area contributed by atoms with Gasteiger partial charge in [-0.2, -0.15) is 0 Å². The zero-order valence-electron chi connectivity index (χ0n) is 15.8. The standard InChI is InChI=1S/C22H26N2O3/c1-16(17-8-4-3-5-9-17)24-21(26)22(13-14-22)20(25)23-15-12-18-10-6-7-11-19(18)27-2/h3-11,16H,12-15H2,1-2H3,(H,23,25)(H,24,26).